The minimum atomic E-state index is 0. The van der Waals surface area contributed by atoms with Gasteiger partial charge < -0.3 is 0 Å². The van der Waals surface area contributed by atoms with Gasteiger partial charge in [-0.25, -0.2) is 0 Å². The summed E-state index contributed by atoms with van der Waals surface area (Å²) >= 11 is 0.305. The van der Waals surface area contributed by atoms with Crippen LogP contribution >= 0.6 is 24.0 Å². The molecule has 0 aromatic carbocycles. The third-order valence-electron chi connectivity index (χ3n) is 0.614. The molecule has 0 fully saturated rings. The molecule has 2 heteroatoms. The average molecular weight is 322 g/mol. The average Bonchev–Trinajstić information content (AvgIpc) is 1.72. The summed E-state index contributed by atoms with van der Waals surface area (Å²) in [5, 5.41) is 0. The van der Waals surface area contributed by atoms with E-state index in [1.165, 1.54) is 4.47 Å². The Hall–Kier alpha value is 1.000. The molecule has 0 saturated heterocycles. The van der Waals surface area contributed by atoms with Crippen molar-refractivity contribution in [1.29, 1.82) is 0 Å². The van der Waals surface area contributed by atoms with E-state index in [0.717, 1.165) is 0 Å². The van der Waals surface area contributed by atoms with Crippen molar-refractivity contribution in [2.75, 3.05) is 0 Å². The zero-order valence-electron chi connectivity index (χ0n) is 3.83. The van der Waals surface area contributed by atoms with Crippen LogP contribution in [-0.2, 0) is 0 Å². The van der Waals surface area contributed by atoms with Crippen LogP contribution in [0.1, 0.15) is 0 Å². The van der Waals surface area contributed by atoms with Crippen molar-refractivity contribution in [3.63, 3.8) is 0 Å². The molecule has 0 atom stereocenters. The van der Waals surface area contributed by atoms with Crippen LogP contribution in [0.25, 0.3) is 0 Å². The molecule has 1 rings (SSSR count). The third-order valence-corrected chi connectivity index (χ3v) is 2.71. The van der Waals surface area contributed by atoms with E-state index >= 15 is 0 Å². The number of allylic oxidation sites excluding steroid dienone is 3. The summed E-state index contributed by atoms with van der Waals surface area (Å²) in [6.07, 6.45) is 6.50. The van der Waals surface area contributed by atoms with Crippen LogP contribution in [0, 0.1) is 0 Å². The quantitative estimate of drug-likeness (QED) is 0.471. The fourth-order valence-corrected chi connectivity index (χ4v) is 1.87. The Balaban J connectivity index is 0.000000360. The van der Waals surface area contributed by atoms with Crippen molar-refractivity contribution < 1.29 is 0 Å². The molecule has 0 aromatic rings. The predicted octanol–water partition coefficient (Wildman–Crippen LogP) is 1.81. The van der Waals surface area contributed by atoms with Crippen LogP contribution in [0.4, 0.5) is 0 Å². The van der Waals surface area contributed by atoms with E-state index in [-0.39, 0.29) is 24.0 Å². The Morgan fingerprint density at radius 2 is 2.14 bits per heavy atom. The number of hydrogen-bond acceptors (Lipinski definition) is 0. The maximum atomic E-state index is 2.31. The van der Waals surface area contributed by atoms with Gasteiger partial charge in [-0.2, -0.15) is 0 Å². The second-order valence-electron chi connectivity index (χ2n) is 1.09. The van der Waals surface area contributed by atoms with E-state index in [4.69, 9.17) is 0 Å². The molecule has 0 N–H and O–H groups in total. The molecule has 7 heavy (non-hydrogen) atoms. The summed E-state index contributed by atoms with van der Waals surface area (Å²) < 4.78 is 3.67. The van der Waals surface area contributed by atoms with Crippen molar-refractivity contribution in [2.24, 2.45) is 0 Å². The van der Waals surface area contributed by atoms with Gasteiger partial charge in [0, 0.05) is 0 Å². The van der Waals surface area contributed by atoms with Crippen LogP contribution in [0.15, 0.2) is 22.4 Å². The van der Waals surface area contributed by atoms with Crippen molar-refractivity contribution in [3.8, 4) is 0 Å². The van der Waals surface area contributed by atoms with Gasteiger partial charge >= 0.3 is 47.7 Å². The Kier molecular flexibility index (Phi) is 5.88. The summed E-state index contributed by atoms with van der Waals surface area (Å²) in [5.74, 6) is 0. The SMILES string of the molecule is C1=CC[Te]C=C1.I. The van der Waals surface area contributed by atoms with E-state index in [9.17, 15) is 0 Å². The van der Waals surface area contributed by atoms with Gasteiger partial charge in [0.05, 0.1) is 0 Å². The molecule has 1 heterocycles. The van der Waals surface area contributed by atoms with Gasteiger partial charge in [0.25, 0.3) is 0 Å². The number of hydrogen-bond donors (Lipinski definition) is 0. The first kappa shape index (κ1) is 8.00. The summed E-state index contributed by atoms with van der Waals surface area (Å²) in [7, 11) is 0. The topological polar surface area (TPSA) is 0 Å². The fourth-order valence-electron chi connectivity index (χ4n) is 0.346. The van der Waals surface area contributed by atoms with E-state index in [0.29, 0.717) is 20.9 Å². The molecule has 0 aliphatic carbocycles. The van der Waals surface area contributed by atoms with Gasteiger partial charge in [0.15, 0.2) is 0 Å². The molecule has 0 unspecified atom stereocenters. The second-order valence-corrected chi connectivity index (χ2v) is 3.77. The van der Waals surface area contributed by atoms with Gasteiger partial charge in [-0.05, 0) is 0 Å². The van der Waals surface area contributed by atoms with Gasteiger partial charge in [0.2, 0.25) is 0 Å². The van der Waals surface area contributed by atoms with E-state index in [2.05, 4.69) is 22.4 Å². The molecule has 0 saturated carbocycles. The Morgan fingerprint density at radius 3 is 2.29 bits per heavy atom. The Bertz CT molecular complexity index is 74.1. The smallest absolute Gasteiger partial charge is 0.107 e. The van der Waals surface area contributed by atoms with Crippen LogP contribution in [0.2, 0.25) is 4.47 Å². The summed E-state index contributed by atoms with van der Waals surface area (Å²) in [6.45, 7) is 0. The predicted molar refractivity (Wildman–Crippen MR) is 44.3 cm³/mol. The summed E-state index contributed by atoms with van der Waals surface area (Å²) in [4.78, 5) is 0. The first-order valence-corrected chi connectivity index (χ1v) is 4.93. The van der Waals surface area contributed by atoms with Crippen molar-refractivity contribution in [1.82, 2.24) is 0 Å². The molecule has 0 spiro atoms. The standard InChI is InChI=1S/C5H6Te.HI/c1-2-4-6-5-3-1;/h1-4H,5H2;1H. The Labute approximate surface area is 71.2 Å². The number of rotatable bonds is 0. The van der Waals surface area contributed by atoms with Crippen molar-refractivity contribution in [2.45, 2.75) is 4.47 Å². The first-order chi connectivity index (χ1) is 3.00. The van der Waals surface area contributed by atoms with Crippen LogP contribution in [-0.4, -0.2) is 20.9 Å². The molecule has 0 aromatic heterocycles. The Morgan fingerprint density at radius 1 is 1.29 bits per heavy atom. The molecule has 40 valence electrons. The van der Waals surface area contributed by atoms with E-state index < -0.39 is 0 Å². The van der Waals surface area contributed by atoms with Crippen LogP contribution in [0.5, 0.6) is 0 Å². The molecule has 0 radical (unpaired) electrons. The van der Waals surface area contributed by atoms with Gasteiger partial charge in [-0.1, -0.05) is 0 Å². The molecular formula is C5H7ITe. The van der Waals surface area contributed by atoms with Crippen LogP contribution < -0.4 is 0 Å². The third kappa shape index (κ3) is 3.57. The monoisotopic (exact) mass is 324 g/mol. The normalized spacial score (nSPS) is 16.0. The zero-order chi connectivity index (χ0) is 4.24. The fraction of sp³-hybridized carbons (Fsp3) is 0.200. The minimum absolute atomic E-state index is 0. The van der Waals surface area contributed by atoms with Gasteiger partial charge in [0.1, 0.15) is 0 Å². The molecular weight excluding hydrogens is 315 g/mol. The number of halogens is 1. The molecule has 1 aliphatic rings. The molecule has 0 bridgehead atoms. The first-order valence-electron chi connectivity index (χ1n) is 1.93. The maximum absolute atomic E-state index is 2.31. The molecule has 0 nitrogen and oxygen atoms in total. The zero-order valence-corrected chi connectivity index (χ0v) is 8.49. The van der Waals surface area contributed by atoms with Crippen molar-refractivity contribution in [3.05, 3.63) is 22.4 Å². The largest absolute Gasteiger partial charge is 0.107 e. The van der Waals surface area contributed by atoms with Crippen molar-refractivity contribution >= 4 is 44.9 Å². The van der Waals surface area contributed by atoms with E-state index in [1.807, 2.05) is 0 Å². The summed E-state index contributed by atoms with van der Waals surface area (Å²) in [6, 6.07) is 0. The van der Waals surface area contributed by atoms with Gasteiger partial charge in [-0.3, -0.25) is 0 Å². The van der Waals surface area contributed by atoms with Crippen LogP contribution in [0.3, 0.4) is 0 Å². The minimum Gasteiger partial charge on any atom is -0.107 e. The summed E-state index contributed by atoms with van der Waals surface area (Å²) in [5.41, 5.74) is 0. The molecule has 1 aliphatic heterocycles. The van der Waals surface area contributed by atoms with E-state index in [1.54, 1.807) is 0 Å². The second kappa shape index (κ2) is 5.14. The maximum Gasteiger partial charge on any atom is -0.107 e. The molecule has 0 amide bonds. The van der Waals surface area contributed by atoms with Gasteiger partial charge in [-0.15, -0.1) is 24.0 Å².